The summed E-state index contributed by atoms with van der Waals surface area (Å²) in [6, 6.07) is 17.1. The third-order valence-electron chi connectivity index (χ3n) is 7.78. The summed E-state index contributed by atoms with van der Waals surface area (Å²) in [5.74, 6) is -0.268. The van der Waals surface area contributed by atoms with Gasteiger partial charge in [-0.2, -0.15) is 0 Å². The fraction of sp³-hybridized carbons (Fsp3) is 0.394. The summed E-state index contributed by atoms with van der Waals surface area (Å²) in [7, 11) is -4.17. The molecule has 1 aliphatic rings. The number of anilines is 1. The van der Waals surface area contributed by atoms with E-state index in [2.05, 4.69) is 5.32 Å². The Morgan fingerprint density at radius 3 is 2.23 bits per heavy atom. The molecular formula is C33H39Cl2N3O5S. The van der Waals surface area contributed by atoms with E-state index in [1.165, 1.54) is 17.0 Å². The molecule has 0 spiro atoms. The van der Waals surface area contributed by atoms with Crippen LogP contribution in [0.3, 0.4) is 0 Å². The topological polar surface area (TPSA) is 96.0 Å². The summed E-state index contributed by atoms with van der Waals surface area (Å²) in [6.07, 6.45) is 5.00. The van der Waals surface area contributed by atoms with Gasteiger partial charge in [-0.1, -0.05) is 66.2 Å². The molecule has 0 radical (unpaired) electrons. The second-order valence-corrected chi connectivity index (χ2v) is 13.7. The second-order valence-electron chi connectivity index (χ2n) is 11.0. The van der Waals surface area contributed by atoms with E-state index in [4.69, 9.17) is 27.9 Å². The Bertz CT molecular complexity index is 1540. The first-order chi connectivity index (χ1) is 21.0. The monoisotopic (exact) mass is 659 g/mol. The molecule has 1 unspecified atom stereocenters. The zero-order valence-corrected chi connectivity index (χ0v) is 27.6. The summed E-state index contributed by atoms with van der Waals surface area (Å²) in [5.41, 5.74) is 1.84. The molecule has 1 N–H and O–H groups in total. The van der Waals surface area contributed by atoms with Crippen molar-refractivity contribution in [3.8, 4) is 5.75 Å². The van der Waals surface area contributed by atoms with Crippen molar-refractivity contribution in [3.05, 3.63) is 87.9 Å². The molecule has 0 bridgehead atoms. The lowest BCUT2D eigenvalue weighted by molar-refractivity contribution is -0.139. The van der Waals surface area contributed by atoms with Crippen molar-refractivity contribution in [1.29, 1.82) is 0 Å². The molecule has 11 heteroatoms. The first-order valence-corrected chi connectivity index (χ1v) is 17.0. The molecule has 1 saturated carbocycles. The van der Waals surface area contributed by atoms with Crippen LogP contribution in [-0.2, 0) is 26.2 Å². The molecule has 3 aromatic rings. The zero-order valence-electron chi connectivity index (χ0n) is 25.3. The van der Waals surface area contributed by atoms with Crippen molar-refractivity contribution < 1.29 is 22.7 Å². The van der Waals surface area contributed by atoms with E-state index in [-0.39, 0.29) is 29.1 Å². The molecule has 1 atom stereocenters. The zero-order chi connectivity index (χ0) is 31.9. The third kappa shape index (κ3) is 8.46. The summed E-state index contributed by atoms with van der Waals surface area (Å²) in [4.78, 5) is 29.1. The number of nitrogens with zero attached hydrogens (tertiary/aromatic N) is 2. The van der Waals surface area contributed by atoms with Crippen LogP contribution in [0.15, 0.2) is 71.6 Å². The Morgan fingerprint density at radius 1 is 0.955 bits per heavy atom. The van der Waals surface area contributed by atoms with E-state index in [1.807, 2.05) is 13.8 Å². The van der Waals surface area contributed by atoms with Crippen LogP contribution in [0.4, 0.5) is 5.69 Å². The number of aryl methyl sites for hydroxylation is 1. The van der Waals surface area contributed by atoms with Crippen LogP contribution >= 0.6 is 23.2 Å². The Kier molecular flexibility index (Phi) is 11.6. The van der Waals surface area contributed by atoms with Crippen molar-refractivity contribution in [3.63, 3.8) is 0 Å². The highest BCUT2D eigenvalue weighted by Crippen LogP contribution is 2.28. The van der Waals surface area contributed by atoms with Crippen molar-refractivity contribution in [2.24, 2.45) is 0 Å². The minimum atomic E-state index is -4.17. The average Bonchev–Trinajstić information content (AvgIpc) is 3.01. The minimum Gasteiger partial charge on any atom is -0.494 e. The first-order valence-electron chi connectivity index (χ1n) is 14.9. The van der Waals surface area contributed by atoms with Gasteiger partial charge in [-0.15, -0.1) is 0 Å². The Morgan fingerprint density at radius 2 is 1.61 bits per heavy atom. The maximum atomic E-state index is 14.2. The highest BCUT2D eigenvalue weighted by atomic mass is 35.5. The molecule has 0 aromatic heterocycles. The second kappa shape index (κ2) is 15.1. The number of nitrogens with one attached hydrogen (secondary N) is 1. The molecule has 3 aromatic carbocycles. The summed E-state index contributed by atoms with van der Waals surface area (Å²) >= 11 is 12.4. The van der Waals surface area contributed by atoms with Crippen LogP contribution in [0.5, 0.6) is 5.75 Å². The van der Waals surface area contributed by atoms with Crippen LogP contribution in [0.2, 0.25) is 10.0 Å². The van der Waals surface area contributed by atoms with E-state index in [9.17, 15) is 18.0 Å². The molecule has 236 valence electrons. The fourth-order valence-corrected chi connectivity index (χ4v) is 6.96. The summed E-state index contributed by atoms with van der Waals surface area (Å²) in [5, 5.41) is 3.78. The van der Waals surface area contributed by atoms with Crippen LogP contribution in [0.1, 0.15) is 57.1 Å². The molecule has 4 rings (SSSR count). The molecule has 2 amide bonds. The summed E-state index contributed by atoms with van der Waals surface area (Å²) < 4.78 is 34.7. The lowest BCUT2D eigenvalue weighted by atomic mass is 9.95. The fourth-order valence-electron chi connectivity index (χ4n) is 5.23. The van der Waals surface area contributed by atoms with Gasteiger partial charge in [0.2, 0.25) is 11.8 Å². The van der Waals surface area contributed by atoms with Gasteiger partial charge in [0, 0.05) is 12.6 Å². The smallest absolute Gasteiger partial charge is 0.264 e. The predicted octanol–water partition coefficient (Wildman–Crippen LogP) is 6.76. The molecule has 44 heavy (non-hydrogen) atoms. The third-order valence-corrected chi connectivity index (χ3v) is 10.3. The van der Waals surface area contributed by atoms with E-state index >= 15 is 0 Å². The van der Waals surface area contributed by atoms with Crippen LogP contribution in [0, 0.1) is 6.92 Å². The number of amides is 2. The lowest BCUT2D eigenvalue weighted by Crippen LogP contribution is -2.53. The van der Waals surface area contributed by atoms with Crippen molar-refractivity contribution in [2.45, 2.75) is 76.4 Å². The number of carbonyl (C=O) groups is 2. The Balaban J connectivity index is 1.69. The Labute approximate surface area is 270 Å². The number of rotatable bonds is 12. The lowest BCUT2D eigenvalue weighted by Gasteiger charge is -2.33. The highest BCUT2D eigenvalue weighted by Gasteiger charge is 2.33. The van der Waals surface area contributed by atoms with Gasteiger partial charge in [0.25, 0.3) is 10.0 Å². The van der Waals surface area contributed by atoms with Crippen molar-refractivity contribution in [1.82, 2.24) is 10.2 Å². The van der Waals surface area contributed by atoms with Gasteiger partial charge in [0.05, 0.1) is 27.2 Å². The van der Waals surface area contributed by atoms with Crippen molar-refractivity contribution >= 4 is 50.7 Å². The molecule has 8 nitrogen and oxygen atoms in total. The van der Waals surface area contributed by atoms with Gasteiger partial charge in [-0.25, -0.2) is 8.42 Å². The van der Waals surface area contributed by atoms with E-state index in [0.717, 1.165) is 42.0 Å². The molecule has 1 aliphatic carbocycles. The largest absolute Gasteiger partial charge is 0.494 e. The number of benzene rings is 3. The number of hydrogen-bond acceptors (Lipinski definition) is 5. The van der Waals surface area contributed by atoms with Crippen LogP contribution in [-0.4, -0.2) is 50.4 Å². The van der Waals surface area contributed by atoms with Crippen molar-refractivity contribution in [2.75, 3.05) is 17.5 Å². The number of hydrogen-bond donors (Lipinski definition) is 1. The Hall–Kier alpha value is -3.27. The molecule has 1 fully saturated rings. The van der Waals surface area contributed by atoms with E-state index in [1.54, 1.807) is 61.5 Å². The predicted molar refractivity (Wildman–Crippen MR) is 175 cm³/mol. The molecule has 0 aliphatic heterocycles. The highest BCUT2D eigenvalue weighted by molar-refractivity contribution is 7.92. The normalized spacial score (nSPS) is 14.5. The maximum Gasteiger partial charge on any atom is 0.264 e. The van der Waals surface area contributed by atoms with Gasteiger partial charge in [-0.05, 0) is 87.7 Å². The first kappa shape index (κ1) is 33.6. The number of carbonyl (C=O) groups excluding carboxylic acids is 2. The SMILES string of the molecule is CCOc1ccc(N(CC(=O)N(Cc2ccc(Cl)c(Cl)c2)C(C)C(=O)NC2CCCCC2)S(=O)(=O)c2ccc(C)cc2)cc1. The number of halogens is 2. The minimum absolute atomic E-state index is 0.0245. The quantitative estimate of drug-likeness (QED) is 0.232. The average molecular weight is 661 g/mol. The van der Waals surface area contributed by atoms with Gasteiger partial charge < -0.3 is 15.0 Å². The summed E-state index contributed by atoms with van der Waals surface area (Å²) in [6.45, 7) is 5.32. The molecular weight excluding hydrogens is 621 g/mol. The van der Waals surface area contributed by atoms with Gasteiger partial charge in [0.15, 0.2) is 0 Å². The molecule has 0 heterocycles. The van der Waals surface area contributed by atoms with Gasteiger partial charge in [-0.3, -0.25) is 13.9 Å². The number of sulfonamides is 1. The van der Waals surface area contributed by atoms with E-state index < -0.39 is 28.5 Å². The number of ether oxygens (including phenoxy) is 1. The van der Waals surface area contributed by atoms with Gasteiger partial charge >= 0.3 is 0 Å². The van der Waals surface area contributed by atoms with Crippen LogP contribution < -0.4 is 14.4 Å². The van der Waals surface area contributed by atoms with Gasteiger partial charge in [0.1, 0.15) is 18.3 Å². The standard InChI is InChI=1S/C33H39Cl2N3O5S/c1-4-43-28-15-13-27(14-16-28)38(44(41,42)29-17-10-23(2)11-18-29)22-32(39)37(21-25-12-19-30(34)31(35)20-25)24(3)33(40)36-26-8-6-5-7-9-26/h10-20,24,26H,4-9,21-22H2,1-3H3,(H,36,40). The molecule has 0 saturated heterocycles. The van der Waals surface area contributed by atoms with Crippen LogP contribution in [0.25, 0.3) is 0 Å². The van der Waals surface area contributed by atoms with E-state index in [0.29, 0.717) is 28.0 Å². The maximum absolute atomic E-state index is 14.2.